The number of hydrogen-bond acceptors (Lipinski definition) is 3. The predicted octanol–water partition coefficient (Wildman–Crippen LogP) is 3.58. The van der Waals surface area contributed by atoms with Gasteiger partial charge >= 0.3 is 6.03 Å². The highest BCUT2D eigenvalue weighted by atomic mass is 16.5. The van der Waals surface area contributed by atoms with Crippen molar-refractivity contribution in [2.45, 2.75) is 31.9 Å². The molecule has 2 aromatic rings. The predicted molar refractivity (Wildman–Crippen MR) is 91.7 cm³/mol. The Labute approximate surface area is 142 Å². The maximum atomic E-state index is 12.8. The van der Waals surface area contributed by atoms with E-state index in [4.69, 9.17) is 9.15 Å². The van der Waals surface area contributed by atoms with E-state index in [-0.39, 0.29) is 18.2 Å². The Morgan fingerprint density at radius 2 is 2.12 bits per heavy atom. The third-order valence-corrected chi connectivity index (χ3v) is 4.35. The van der Waals surface area contributed by atoms with Gasteiger partial charge < -0.3 is 19.4 Å². The molecule has 0 saturated carbocycles. The van der Waals surface area contributed by atoms with E-state index >= 15 is 0 Å². The largest absolute Gasteiger partial charge is 0.467 e. The molecule has 128 valence electrons. The van der Waals surface area contributed by atoms with E-state index in [9.17, 15) is 4.79 Å². The molecule has 24 heavy (non-hydrogen) atoms. The van der Waals surface area contributed by atoms with Crippen molar-refractivity contribution >= 4 is 6.03 Å². The molecular weight excluding hydrogens is 304 g/mol. The second-order valence-corrected chi connectivity index (χ2v) is 5.98. The van der Waals surface area contributed by atoms with E-state index in [0.29, 0.717) is 13.1 Å². The van der Waals surface area contributed by atoms with Crippen molar-refractivity contribution in [3.05, 3.63) is 60.1 Å². The number of rotatable bonds is 6. The van der Waals surface area contributed by atoms with Crippen molar-refractivity contribution in [2.24, 2.45) is 0 Å². The van der Waals surface area contributed by atoms with Crippen molar-refractivity contribution in [2.75, 3.05) is 19.7 Å². The lowest BCUT2D eigenvalue weighted by atomic mass is 10.0. The Morgan fingerprint density at radius 1 is 1.29 bits per heavy atom. The third-order valence-electron chi connectivity index (χ3n) is 4.35. The van der Waals surface area contributed by atoms with Gasteiger partial charge in [-0.2, -0.15) is 0 Å². The van der Waals surface area contributed by atoms with Gasteiger partial charge in [0.15, 0.2) is 0 Å². The summed E-state index contributed by atoms with van der Waals surface area (Å²) in [5.41, 5.74) is 0.994. The number of furan rings is 1. The van der Waals surface area contributed by atoms with Crippen LogP contribution in [0.2, 0.25) is 0 Å². The summed E-state index contributed by atoms with van der Waals surface area (Å²) in [6, 6.07) is 13.2. The quantitative estimate of drug-likeness (QED) is 0.882. The van der Waals surface area contributed by atoms with Crippen LogP contribution in [0, 0.1) is 0 Å². The second kappa shape index (κ2) is 8.02. The number of likely N-dealkylation sites (N-methyl/N-ethyl adjacent to an activating group) is 1. The van der Waals surface area contributed by atoms with Crippen molar-refractivity contribution in [3.8, 4) is 0 Å². The van der Waals surface area contributed by atoms with Crippen LogP contribution in [0.5, 0.6) is 0 Å². The maximum absolute atomic E-state index is 12.8. The molecule has 0 bridgehead atoms. The van der Waals surface area contributed by atoms with Crippen LogP contribution in [-0.2, 0) is 4.74 Å². The molecule has 2 amide bonds. The molecule has 0 unspecified atom stereocenters. The molecule has 1 N–H and O–H groups in total. The molecule has 0 spiro atoms. The number of urea groups is 1. The molecule has 1 aliphatic heterocycles. The van der Waals surface area contributed by atoms with Crippen molar-refractivity contribution in [1.29, 1.82) is 0 Å². The average Bonchev–Trinajstić information content (AvgIpc) is 3.31. The molecule has 1 aliphatic rings. The highest BCUT2D eigenvalue weighted by Gasteiger charge is 2.25. The first kappa shape index (κ1) is 16.6. The minimum absolute atomic E-state index is 0.0988. The number of benzene rings is 1. The van der Waals surface area contributed by atoms with Gasteiger partial charge in [-0.1, -0.05) is 30.3 Å². The normalized spacial score (nSPS) is 18.3. The lowest BCUT2D eigenvalue weighted by Gasteiger charge is -2.27. The Bertz CT molecular complexity index is 621. The van der Waals surface area contributed by atoms with Crippen LogP contribution in [0.15, 0.2) is 53.1 Å². The monoisotopic (exact) mass is 328 g/mol. The molecule has 2 atom stereocenters. The summed E-state index contributed by atoms with van der Waals surface area (Å²) in [7, 11) is 0. The smallest absolute Gasteiger partial charge is 0.318 e. The van der Waals surface area contributed by atoms with Crippen molar-refractivity contribution < 1.29 is 13.9 Å². The first-order valence-electron chi connectivity index (χ1n) is 8.53. The van der Waals surface area contributed by atoms with Gasteiger partial charge in [0.2, 0.25) is 0 Å². The van der Waals surface area contributed by atoms with E-state index in [2.05, 4.69) is 5.32 Å². The van der Waals surface area contributed by atoms with Crippen molar-refractivity contribution in [1.82, 2.24) is 10.2 Å². The SMILES string of the molecule is CCN(C[C@@H]1CCCO1)C(=O)N[C@@H](c1ccccc1)c1ccco1. The Hall–Kier alpha value is -2.27. The number of carbonyl (C=O) groups excluding carboxylic acids is 1. The molecule has 1 aromatic heterocycles. The first-order chi connectivity index (χ1) is 11.8. The molecule has 1 saturated heterocycles. The van der Waals surface area contributed by atoms with Crippen LogP contribution >= 0.6 is 0 Å². The summed E-state index contributed by atoms with van der Waals surface area (Å²) < 4.78 is 11.2. The zero-order chi connectivity index (χ0) is 16.8. The second-order valence-electron chi connectivity index (χ2n) is 5.98. The van der Waals surface area contributed by atoms with Gasteiger partial charge in [-0.25, -0.2) is 4.79 Å². The molecule has 1 aromatic carbocycles. The van der Waals surface area contributed by atoms with E-state index in [1.165, 1.54) is 0 Å². The fourth-order valence-corrected chi connectivity index (χ4v) is 3.02. The van der Waals surface area contributed by atoms with Crippen LogP contribution in [0.4, 0.5) is 4.79 Å². The Balaban J connectivity index is 1.72. The number of ether oxygens (including phenoxy) is 1. The summed E-state index contributed by atoms with van der Waals surface area (Å²) in [4.78, 5) is 14.6. The van der Waals surface area contributed by atoms with E-state index in [1.807, 2.05) is 49.4 Å². The molecule has 2 heterocycles. The summed E-state index contributed by atoms with van der Waals surface area (Å²) >= 11 is 0. The number of carbonyl (C=O) groups is 1. The topological polar surface area (TPSA) is 54.7 Å². The van der Waals surface area contributed by atoms with Gasteiger partial charge in [0.05, 0.1) is 12.4 Å². The number of nitrogens with zero attached hydrogens (tertiary/aromatic N) is 1. The van der Waals surface area contributed by atoms with Crippen LogP contribution < -0.4 is 5.32 Å². The molecule has 5 heteroatoms. The fourth-order valence-electron chi connectivity index (χ4n) is 3.02. The van der Waals surface area contributed by atoms with Crippen LogP contribution in [0.25, 0.3) is 0 Å². The van der Waals surface area contributed by atoms with Crippen LogP contribution in [-0.4, -0.2) is 36.7 Å². The van der Waals surface area contributed by atoms with Crippen LogP contribution in [0.3, 0.4) is 0 Å². The zero-order valence-corrected chi connectivity index (χ0v) is 14.0. The molecule has 5 nitrogen and oxygen atoms in total. The summed E-state index contributed by atoms with van der Waals surface area (Å²) in [5.74, 6) is 0.725. The highest BCUT2D eigenvalue weighted by molar-refractivity contribution is 5.75. The summed E-state index contributed by atoms with van der Waals surface area (Å²) in [6.45, 7) is 4.05. The van der Waals surface area contributed by atoms with Gasteiger partial charge in [0.1, 0.15) is 11.8 Å². The Kier molecular flexibility index (Phi) is 5.54. The van der Waals surface area contributed by atoms with Gasteiger partial charge in [0, 0.05) is 19.7 Å². The highest BCUT2D eigenvalue weighted by Crippen LogP contribution is 2.23. The fraction of sp³-hybridized carbons (Fsp3) is 0.421. The van der Waals surface area contributed by atoms with Gasteiger partial charge in [-0.05, 0) is 37.5 Å². The van der Waals surface area contributed by atoms with Gasteiger partial charge in [-0.15, -0.1) is 0 Å². The van der Waals surface area contributed by atoms with Crippen molar-refractivity contribution in [3.63, 3.8) is 0 Å². The minimum Gasteiger partial charge on any atom is -0.467 e. The maximum Gasteiger partial charge on any atom is 0.318 e. The third kappa shape index (κ3) is 3.97. The molecule has 0 radical (unpaired) electrons. The van der Waals surface area contributed by atoms with Gasteiger partial charge in [0.25, 0.3) is 0 Å². The molecule has 1 fully saturated rings. The van der Waals surface area contributed by atoms with Crippen LogP contribution in [0.1, 0.15) is 37.1 Å². The van der Waals surface area contributed by atoms with E-state index < -0.39 is 0 Å². The summed E-state index contributed by atoms with van der Waals surface area (Å²) in [6.07, 6.45) is 3.86. The first-order valence-corrected chi connectivity index (χ1v) is 8.53. The molecule has 3 rings (SSSR count). The molecule has 0 aliphatic carbocycles. The Morgan fingerprint density at radius 3 is 2.75 bits per heavy atom. The number of hydrogen-bond donors (Lipinski definition) is 1. The average molecular weight is 328 g/mol. The minimum atomic E-state index is -0.299. The van der Waals surface area contributed by atoms with E-state index in [0.717, 1.165) is 30.8 Å². The number of nitrogens with one attached hydrogen (secondary N) is 1. The van der Waals surface area contributed by atoms with Gasteiger partial charge in [-0.3, -0.25) is 0 Å². The van der Waals surface area contributed by atoms with E-state index in [1.54, 1.807) is 11.2 Å². The zero-order valence-electron chi connectivity index (χ0n) is 14.0. The summed E-state index contributed by atoms with van der Waals surface area (Å²) in [5, 5.41) is 3.10. The lowest BCUT2D eigenvalue weighted by molar-refractivity contribution is 0.0822. The molecular formula is C19H24N2O3. The number of amides is 2. The lowest BCUT2D eigenvalue weighted by Crippen LogP contribution is -2.45. The standard InChI is InChI=1S/C19H24N2O3/c1-2-21(14-16-10-6-12-23-16)19(22)20-18(17-11-7-13-24-17)15-8-4-3-5-9-15/h3-5,7-9,11,13,16,18H,2,6,10,12,14H2,1H3,(H,20,22)/t16-,18-/m0/s1.